The molecule has 2 aromatic carbocycles. The minimum Gasteiger partial charge on any atom is -0.336 e. The SMILES string of the molecule is Cc1ccccc1CCc1nc(N2CCC[C@H]2c2ccc(Cl)cc2)ncc1C(=O)N1CCN(C)CC1. The fourth-order valence-electron chi connectivity index (χ4n) is 5.28. The Morgan fingerprint density at radius 3 is 2.50 bits per heavy atom. The maximum Gasteiger partial charge on any atom is 0.257 e. The first-order valence-electron chi connectivity index (χ1n) is 12.9. The van der Waals surface area contributed by atoms with Crippen molar-refractivity contribution in [3.8, 4) is 0 Å². The topological polar surface area (TPSA) is 52.6 Å². The van der Waals surface area contributed by atoms with Crippen molar-refractivity contribution in [3.63, 3.8) is 0 Å². The van der Waals surface area contributed by atoms with Crippen LogP contribution in [0.1, 0.15) is 51.6 Å². The van der Waals surface area contributed by atoms with E-state index < -0.39 is 0 Å². The molecule has 2 fully saturated rings. The van der Waals surface area contributed by atoms with E-state index in [9.17, 15) is 4.79 Å². The summed E-state index contributed by atoms with van der Waals surface area (Å²) in [5, 5.41) is 0.741. The predicted molar refractivity (Wildman–Crippen MR) is 145 cm³/mol. The van der Waals surface area contributed by atoms with Crippen LogP contribution < -0.4 is 4.90 Å². The van der Waals surface area contributed by atoms with Gasteiger partial charge < -0.3 is 14.7 Å². The van der Waals surface area contributed by atoms with Crippen LogP contribution in [-0.4, -0.2) is 65.4 Å². The molecule has 188 valence electrons. The highest BCUT2D eigenvalue weighted by molar-refractivity contribution is 6.30. The number of halogens is 1. The Labute approximate surface area is 218 Å². The van der Waals surface area contributed by atoms with Crippen molar-refractivity contribution in [2.24, 2.45) is 0 Å². The summed E-state index contributed by atoms with van der Waals surface area (Å²) >= 11 is 6.13. The Hall–Kier alpha value is -2.96. The molecule has 0 spiro atoms. The summed E-state index contributed by atoms with van der Waals surface area (Å²) in [7, 11) is 2.10. The van der Waals surface area contributed by atoms with Crippen LogP contribution in [0.5, 0.6) is 0 Å². The Balaban J connectivity index is 1.45. The smallest absolute Gasteiger partial charge is 0.257 e. The molecule has 1 aromatic heterocycles. The maximum atomic E-state index is 13.6. The summed E-state index contributed by atoms with van der Waals surface area (Å²) in [5.74, 6) is 0.757. The lowest BCUT2D eigenvalue weighted by Crippen LogP contribution is -2.47. The Kier molecular flexibility index (Phi) is 7.54. The molecule has 3 aromatic rings. The average molecular weight is 504 g/mol. The van der Waals surface area contributed by atoms with Crippen LogP contribution in [0.25, 0.3) is 0 Å². The molecular formula is C29H34ClN5O. The third-order valence-corrected chi connectivity index (χ3v) is 7.78. The van der Waals surface area contributed by atoms with E-state index in [-0.39, 0.29) is 11.9 Å². The molecule has 36 heavy (non-hydrogen) atoms. The number of benzene rings is 2. The number of carbonyl (C=O) groups excluding carboxylic acids is 1. The van der Waals surface area contributed by atoms with Crippen molar-refractivity contribution in [3.05, 3.63) is 87.7 Å². The standard InChI is InChI=1S/C29H34ClN5O/c1-21-6-3-4-7-22(21)11-14-26-25(28(36)34-18-16-33(2)17-19-34)20-31-29(32-26)35-15-5-8-27(35)23-9-12-24(30)13-10-23/h3-4,6-7,9-10,12-13,20,27H,5,8,11,14-19H2,1-2H3/t27-/m0/s1. The van der Waals surface area contributed by atoms with E-state index in [0.29, 0.717) is 17.9 Å². The lowest BCUT2D eigenvalue weighted by Gasteiger charge is -2.33. The van der Waals surface area contributed by atoms with E-state index in [1.54, 1.807) is 6.20 Å². The van der Waals surface area contributed by atoms with Crippen LogP contribution in [0.3, 0.4) is 0 Å². The monoisotopic (exact) mass is 503 g/mol. The van der Waals surface area contributed by atoms with Crippen LogP contribution in [0.4, 0.5) is 5.95 Å². The van der Waals surface area contributed by atoms with Gasteiger partial charge in [0.05, 0.1) is 17.3 Å². The van der Waals surface area contributed by atoms with Crippen molar-refractivity contribution < 1.29 is 4.79 Å². The quantitative estimate of drug-likeness (QED) is 0.476. The number of aryl methyl sites for hydroxylation is 3. The van der Waals surface area contributed by atoms with Crippen molar-refractivity contribution in [2.75, 3.05) is 44.7 Å². The molecule has 2 aliphatic heterocycles. The van der Waals surface area contributed by atoms with Crippen molar-refractivity contribution in [1.29, 1.82) is 0 Å². The molecule has 0 aliphatic carbocycles. The zero-order valence-electron chi connectivity index (χ0n) is 21.2. The minimum atomic E-state index is 0.0464. The molecule has 6 nitrogen and oxygen atoms in total. The van der Waals surface area contributed by atoms with Gasteiger partial charge in [0.2, 0.25) is 5.95 Å². The zero-order valence-corrected chi connectivity index (χ0v) is 21.9. The second-order valence-corrected chi connectivity index (χ2v) is 10.4. The van der Waals surface area contributed by atoms with E-state index in [1.165, 1.54) is 16.7 Å². The molecule has 1 atom stereocenters. The minimum absolute atomic E-state index is 0.0464. The molecule has 7 heteroatoms. The van der Waals surface area contributed by atoms with Gasteiger partial charge in [0, 0.05) is 43.9 Å². The molecule has 1 amide bonds. The first kappa shape index (κ1) is 24.7. The van der Waals surface area contributed by atoms with Crippen LogP contribution in [-0.2, 0) is 12.8 Å². The number of likely N-dealkylation sites (N-methyl/N-ethyl adjacent to an activating group) is 1. The summed E-state index contributed by atoms with van der Waals surface area (Å²) in [6, 6.07) is 16.7. The third-order valence-electron chi connectivity index (χ3n) is 7.53. The molecule has 0 radical (unpaired) electrons. The predicted octanol–water partition coefficient (Wildman–Crippen LogP) is 4.95. The first-order valence-corrected chi connectivity index (χ1v) is 13.3. The molecule has 0 N–H and O–H groups in total. The zero-order chi connectivity index (χ0) is 25.1. The molecule has 2 aliphatic rings. The van der Waals surface area contributed by atoms with Crippen molar-refractivity contribution in [2.45, 2.75) is 38.6 Å². The normalized spacial score (nSPS) is 18.6. The van der Waals surface area contributed by atoms with E-state index in [4.69, 9.17) is 21.6 Å². The lowest BCUT2D eigenvalue weighted by molar-refractivity contribution is 0.0662. The molecule has 0 bridgehead atoms. The molecule has 0 unspecified atom stereocenters. The number of hydrogen-bond acceptors (Lipinski definition) is 5. The number of piperazine rings is 1. The number of carbonyl (C=O) groups is 1. The molecule has 2 saturated heterocycles. The van der Waals surface area contributed by atoms with Crippen LogP contribution in [0.2, 0.25) is 5.02 Å². The lowest BCUT2D eigenvalue weighted by atomic mass is 10.0. The van der Waals surface area contributed by atoms with Crippen molar-refractivity contribution in [1.82, 2.24) is 19.8 Å². The van der Waals surface area contributed by atoms with E-state index in [0.717, 1.165) is 62.7 Å². The number of anilines is 1. The Bertz CT molecular complexity index is 1210. The van der Waals surface area contributed by atoms with Gasteiger partial charge >= 0.3 is 0 Å². The summed E-state index contributed by atoms with van der Waals surface area (Å²) in [6.45, 7) is 6.28. The second-order valence-electron chi connectivity index (χ2n) is 9.96. The highest BCUT2D eigenvalue weighted by Crippen LogP contribution is 2.35. The largest absolute Gasteiger partial charge is 0.336 e. The number of aromatic nitrogens is 2. The second kappa shape index (κ2) is 11.0. The molecule has 3 heterocycles. The number of nitrogens with zero attached hydrogens (tertiary/aromatic N) is 5. The van der Waals surface area contributed by atoms with Gasteiger partial charge in [-0.3, -0.25) is 4.79 Å². The summed E-state index contributed by atoms with van der Waals surface area (Å²) in [6.07, 6.45) is 5.44. The van der Waals surface area contributed by atoms with Gasteiger partial charge in [-0.25, -0.2) is 9.97 Å². The number of hydrogen-bond donors (Lipinski definition) is 0. The highest BCUT2D eigenvalue weighted by Gasteiger charge is 2.30. The van der Waals surface area contributed by atoms with Gasteiger partial charge in [0.1, 0.15) is 0 Å². The van der Waals surface area contributed by atoms with Crippen molar-refractivity contribution >= 4 is 23.5 Å². The summed E-state index contributed by atoms with van der Waals surface area (Å²) in [5.41, 5.74) is 5.25. The van der Waals surface area contributed by atoms with Crippen LogP contribution in [0, 0.1) is 6.92 Å². The Morgan fingerprint density at radius 2 is 1.75 bits per heavy atom. The first-order chi connectivity index (χ1) is 17.5. The average Bonchev–Trinajstić information content (AvgIpc) is 3.39. The van der Waals surface area contributed by atoms with Gasteiger partial charge in [-0.1, -0.05) is 48.0 Å². The van der Waals surface area contributed by atoms with Gasteiger partial charge in [-0.2, -0.15) is 0 Å². The van der Waals surface area contributed by atoms with Crippen LogP contribution >= 0.6 is 11.6 Å². The molecule has 5 rings (SSSR count). The van der Waals surface area contributed by atoms with Crippen LogP contribution in [0.15, 0.2) is 54.7 Å². The third kappa shape index (κ3) is 5.40. The maximum absolute atomic E-state index is 13.6. The van der Waals surface area contributed by atoms with E-state index >= 15 is 0 Å². The highest BCUT2D eigenvalue weighted by atomic mass is 35.5. The van der Waals surface area contributed by atoms with Gasteiger partial charge in [-0.15, -0.1) is 0 Å². The molecular weight excluding hydrogens is 470 g/mol. The van der Waals surface area contributed by atoms with Gasteiger partial charge in [-0.05, 0) is 68.5 Å². The fourth-order valence-corrected chi connectivity index (χ4v) is 5.40. The Morgan fingerprint density at radius 1 is 1.00 bits per heavy atom. The van der Waals surface area contributed by atoms with Gasteiger partial charge in [0.25, 0.3) is 5.91 Å². The number of amides is 1. The number of rotatable bonds is 6. The summed E-state index contributed by atoms with van der Waals surface area (Å²) < 4.78 is 0. The molecule has 0 saturated carbocycles. The van der Waals surface area contributed by atoms with E-state index in [2.05, 4.69) is 60.2 Å². The van der Waals surface area contributed by atoms with E-state index in [1.807, 2.05) is 17.0 Å². The summed E-state index contributed by atoms with van der Waals surface area (Å²) in [4.78, 5) is 29.8. The van der Waals surface area contributed by atoms with Gasteiger partial charge in [0.15, 0.2) is 0 Å². The fraction of sp³-hybridized carbons (Fsp3) is 0.414.